The molecule has 2 atom stereocenters. The predicted octanol–water partition coefficient (Wildman–Crippen LogP) is 0.677. The fourth-order valence-electron chi connectivity index (χ4n) is 1.72. The molecule has 0 aromatic rings. The van der Waals surface area contributed by atoms with Crippen LogP contribution >= 0.6 is 0 Å². The Morgan fingerprint density at radius 2 is 2.36 bits per heavy atom. The van der Waals surface area contributed by atoms with E-state index in [1.165, 1.54) is 7.11 Å². The summed E-state index contributed by atoms with van der Waals surface area (Å²) in [5, 5.41) is 0. The number of carbonyl (C=O) groups excluding carboxylic acids is 1. The predicted molar refractivity (Wildman–Crippen MR) is 41.9 cm³/mol. The molecule has 1 aliphatic rings. The van der Waals surface area contributed by atoms with Crippen LogP contribution in [-0.2, 0) is 9.53 Å². The Morgan fingerprint density at radius 1 is 1.73 bits per heavy atom. The molecule has 0 aliphatic heterocycles. The van der Waals surface area contributed by atoms with Gasteiger partial charge in [0.05, 0.1) is 13.0 Å². The van der Waals surface area contributed by atoms with Gasteiger partial charge in [-0.1, -0.05) is 6.42 Å². The van der Waals surface area contributed by atoms with Crippen LogP contribution in [-0.4, -0.2) is 18.6 Å². The number of nitrogens with two attached hydrogens (primary N) is 1. The number of hydrogen-bond acceptors (Lipinski definition) is 3. The minimum atomic E-state index is -0.340. The van der Waals surface area contributed by atoms with Crippen LogP contribution in [0.2, 0.25) is 0 Å². The van der Waals surface area contributed by atoms with Crippen molar-refractivity contribution in [2.45, 2.75) is 31.7 Å². The average molecular weight is 157 g/mol. The second kappa shape index (κ2) is 2.81. The highest BCUT2D eigenvalue weighted by Crippen LogP contribution is 2.33. The second-order valence-electron chi connectivity index (χ2n) is 3.47. The van der Waals surface area contributed by atoms with Crippen molar-refractivity contribution in [2.75, 3.05) is 7.11 Å². The molecule has 2 N–H and O–H groups in total. The SMILES string of the molecule is COC(=O)[C@@H]1CCC[C@]1(C)N. The Hall–Kier alpha value is -0.570. The number of methoxy groups -OCH3 is 1. The van der Waals surface area contributed by atoms with Crippen molar-refractivity contribution in [3.05, 3.63) is 0 Å². The summed E-state index contributed by atoms with van der Waals surface area (Å²) in [7, 11) is 1.41. The summed E-state index contributed by atoms with van der Waals surface area (Å²) in [6.45, 7) is 1.92. The highest BCUT2D eigenvalue weighted by atomic mass is 16.5. The second-order valence-corrected chi connectivity index (χ2v) is 3.47. The molecular weight excluding hydrogens is 142 g/mol. The van der Waals surface area contributed by atoms with Crippen molar-refractivity contribution in [3.63, 3.8) is 0 Å². The van der Waals surface area contributed by atoms with E-state index in [9.17, 15) is 4.79 Å². The van der Waals surface area contributed by atoms with E-state index in [0.29, 0.717) is 0 Å². The lowest BCUT2D eigenvalue weighted by atomic mass is 9.90. The summed E-state index contributed by atoms with van der Waals surface area (Å²) in [4.78, 5) is 11.1. The summed E-state index contributed by atoms with van der Waals surface area (Å²) in [5.74, 6) is -0.250. The van der Waals surface area contributed by atoms with Gasteiger partial charge in [0.2, 0.25) is 0 Å². The zero-order chi connectivity index (χ0) is 8.48. The smallest absolute Gasteiger partial charge is 0.310 e. The molecule has 0 aromatic carbocycles. The lowest BCUT2D eigenvalue weighted by molar-refractivity contribution is -0.146. The van der Waals surface area contributed by atoms with Crippen molar-refractivity contribution < 1.29 is 9.53 Å². The number of hydrogen-bond donors (Lipinski definition) is 1. The quantitative estimate of drug-likeness (QED) is 0.569. The van der Waals surface area contributed by atoms with Gasteiger partial charge in [-0.25, -0.2) is 0 Å². The van der Waals surface area contributed by atoms with E-state index in [1.807, 2.05) is 6.92 Å². The van der Waals surface area contributed by atoms with Crippen LogP contribution in [0.1, 0.15) is 26.2 Å². The van der Waals surface area contributed by atoms with Gasteiger partial charge in [-0.2, -0.15) is 0 Å². The van der Waals surface area contributed by atoms with Gasteiger partial charge >= 0.3 is 5.97 Å². The number of rotatable bonds is 1. The number of carbonyl (C=O) groups is 1. The van der Waals surface area contributed by atoms with Crippen LogP contribution in [0.3, 0.4) is 0 Å². The largest absolute Gasteiger partial charge is 0.469 e. The highest BCUT2D eigenvalue weighted by Gasteiger charge is 2.40. The minimum Gasteiger partial charge on any atom is -0.469 e. The Kier molecular flexibility index (Phi) is 2.18. The van der Waals surface area contributed by atoms with Crippen molar-refractivity contribution in [2.24, 2.45) is 11.7 Å². The zero-order valence-electron chi connectivity index (χ0n) is 7.09. The lowest BCUT2D eigenvalue weighted by Crippen LogP contribution is -2.43. The molecule has 0 spiro atoms. The van der Waals surface area contributed by atoms with Crippen molar-refractivity contribution in [1.29, 1.82) is 0 Å². The Bertz CT molecular complexity index is 165. The molecule has 0 amide bonds. The van der Waals surface area contributed by atoms with Gasteiger partial charge in [0.1, 0.15) is 0 Å². The van der Waals surface area contributed by atoms with E-state index >= 15 is 0 Å². The monoisotopic (exact) mass is 157 g/mol. The fourth-order valence-corrected chi connectivity index (χ4v) is 1.72. The van der Waals surface area contributed by atoms with Crippen LogP contribution in [0.4, 0.5) is 0 Å². The van der Waals surface area contributed by atoms with Gasteiger partial charge in [-0.3, -0.25) is 4.79 Å². The van der Waals surface area contributed by atoms with Gasteiger partial charge in [0.25, 0.3) is 0 Å². The maximum Gasteiger partial charge on any atom is 0.310 e. The number of esters is 1. The van der Waals surface area contributed by atoms with Crippen LogP contribution in [0.5, 0.6) is 0 Å². The molecule has 3 nitrogen and oxygen atoms in total. The van der Waals surface area contributed by atoms with Gasteiger partial charge in [-0.15, -0.1) is 0 Å². The van der Waals surface area contributed by atoms with Crippen LogP contribution in [0, 0.1) is 5.92 Å². The first-order valence-corrected chi connectivity index (χ1v) is 3.94. The standard InChI is InChI=1S/C8H15NO2/c1-8(9)5-3-4-6(8)7(10)11-2/h6H,3-5,9H2,1-2H3/t6-,8-/m0/s1. The number of ether oxygens (including phenoxy) is 1. The Morgan fingerprint density at radius 3 is 2.73 bits per heavy atom. The molecule has 0 radical (unpaired) electrons. The average Bonchev–Trinajstić information content (AvgIpc) is 2.28. The summed E-state index contributed by atoms with van der Waals surface area (Å²) in [5.41, 5.74) is 5.56. The third kappa shape index (κ3) is 1.53. The van der Waals surface area contributed by atoms with Gasteiger partial charge in [0, 0.05) is 5.54 Å². The maximum absolute atomic E-state index is 11.1. The van der Waals surface area contributed by atoms with Crippen LogP contribution < -0.4 is 5.73 Å². The molecule has 0 aromatic heterocycles. The fraction of sp³-hybridized carbons (Fsp3) is 0.875. The van der Waals surface area contributed by atoms with Gasteiger partial charge in [-0.05, 0) is 19.8 Å². The summed E-state index contributed by atoms with van der Waals surface area (Å²) in [6, 6.07) is 0. The molecule has 1 rings (SSSR count). The first-order valence-electron chi connectivity index (χ1n) is 3.94. The van der Waals surface area contributed by atoms with Gasteiger partial charge < -0.3 is 10.5 Å². The Labute approximate surface area is 66.9 Å². The molecule has 64 valence electrons. The molecule has 11 heavy (non-hydrogen) atoms. The molecule has 0 heterocycles. The van der Waals surface area contributed by atoms with E-state index in [-0.39, 0.29) is 17.4 Å². The molecule has 1 aliphatic carbocycles. The lowest BCUT2D eigenvalue weighted by Gasteiger charge is -2.24. The van der Waals surface area contributed by atoms with E-state index in [4.69, 9.17) is 5.73 Å². The zero-order valence-corrected chi connectivity index (χ0v) is 7.09. The van der Waals surface area contributed by atoms with Crippen LogP contribution in [0.25, 0.3) is 0 Å². The molecule has 1 saturated carbocycles. The van der Waals surface area contributed by atoms with E-state index in [0.717, 1.165) is 19.3 Å². The summed E-state index contributed by atoms with van der Waals surface area (Å²) < 4.78 is 4.65. The van der Waals surface area contributed by atoms with Crippen LogP contribution in [0.15, 0.2) is 0 Å². The molecule has 1 fully saturated rings. The topological polar surface area (TPSA) is 52.3 Å². The normalized spacial score (nSPS) is 37.2. The maximum atomic E-state index is 11.1. The third-order valence-electron chi connectivity index (χ3n) is 2.49. The first-order chi connectivity index (χ1) is 5.08. The molecule has 0 unspecified atom stereocenters. The minimum absolute atomic E-state index is 0.0903. The molecule has 3 heteroatoms. The highest BCUT2D eigenvalue weighted by molar-refractivity contribution is 5.74. The third-order valence-corrected chi connectivity index (χ3v) is 2.49. The van der Waals surface area contributed by atoms with E-state index in [1.54, 1.807) is 0 Å². The molecule has 0 saturated heterocycles. The van der Waals surface area contributed by atoms with Gasteiger partial charge in [0.15, 0.2) is 0 Å². The van der Waals surface area contributed by atoms with Crippen molar-refractivity contribution in [1.82, 2.24) is 0 Å². The Balaban J connectivity index is 2.64. The molecule has 0 bridgehead atoms. The molecular formula is C8H15NO2. The van der Waals surface area contributed by atoms with E-state index < -0.39 is 0 Å². The van der Waals surface area contributed by atoms with E-state index in [2.05, 4.69) is 4.74 Å². The van der Waals surface area contributed by atoms with Crippen molar-refractivity contribution in [3.8, 4) is 0 Å². The summed E-state index contributed by atoms with van der Waals surface area (Å²) in [6.07, 6.45) is 2.83. The first kappa shape index (κ1) is 8.53. The van der Waals surface area contributed by atoms with Crippen molar-refractivity contribution >= 4 is 5.97 Å². The summed E-state index contributed by atoms with van der Waals surface area (Å²) >= 11 is 0.